The number of carboxylic acid groups (broad SMARTS) is 1. The van der Waals surface area contributed by atoms with Crippen LogP contribution in [0.5, 0.6) is 0 Å². The van der Waals surface area contributed by atoms with E-state index in [0.29, 0.717) is 19.3 Å². The van der Waals surface area contributed by atoms with Crippen LogP contribution in [0.25, 0.3) is 0 Å². The van der Waals surface area contributed by atoms with Crippen molar-refractivity contribution in [3.8, 4) is 0 Å². The van der Waals surface area contributed by atoms with E-state index in [0.717, 1.165) is 0 Å². The molecule has 0 aromatic carbocycles. The Kier molecular flexibility index (Phi) is 5.49. The van der Waals surface area contributed by atoms with Gasteiger partial charge in [0.25, 0.3) is 0 Å². The highest BCUT2D eigenvalue weighted by Gasteiger charge is 2.34. The summed E-state index contributed by atoms with van der Waals surface area (Å²) >= 11 is 0. The summed E-state index contributed by atoms with van der Waals surface area (Å²) in [7, 11) is -4.00. The lowest BCUT2D eigenvalue weighted by Gasteiger charge is -2.26. The van der Waals surface area contributed by atoms with Gasteiger partial charge in [0, 0.05) is 6.16 Å². The second-order valence-electron chi connectivity index (χ2n) is 3.78. The molecular weight excluding hydrogens is 219 g/mol. The van der Waals surface area contributed by atoms with Gasteiger partial charge in [-0.25, -0.2) is 0 Å². The van der Waals surface area contributed by atoms with Crippen LogP contribution in [0, 0.1) is 5.41 Å². The first kappa shape index (κ1) is 14.6. The standard InChI is InChI=1S/C9H19O5P/c1-3-9(4-2,8(10)11)6-5-7-15(12,13)14/h3-7H2,1-2H3,(H,10,11)(H2,12,13,14). The van der Waals surface area contributed by atoms with Crippen LogP contribution in [0.1, 0.15) is 39.5 Å². The summed E-state index contributed by atoms with van der Waals surface area (Å²) in [6.45, 7) is 3.57. The van der Waals surface area contributed by atoms with Crippen LogP contribution in [-0.4, -0.2) is 27.0 Å². The van der Waals surface area contributed by atoms with E-state index in [1.807, 2.05) is 0 Å². The largest absolute Gasteiger partial charge is 0.481 e. The molecule has 5 nitrogen and oxygen atoms in total. The minimum Gasteiger partial charge on any atom is -0.481 e. The molecule has 0 fully saturated rings. The van der Waals surface area contributed by atoms with Gasteiger partial charge in [0.05, 0.1) is 5.41 Å². The first-order chi connectivity index (χ1) is 6.77. The molecule has 15 heavy (non-hydrogen) atoms. The molecule has 0 aromatic rings. The smallest absolute Gasteiger partial charge is 0.325 e. The van der Waals surface area contributed by atoms with E-state index in [-0.39, 0.29) is 12.6 Å². The van der Waals surface area contributed by atoms with Crippen molar-refractivity contribution in [1.29, 1.82) is 0 Å². The number of carbonyl (C=O) groups is 1. The highest BCUT2D eigenvalue weighted by molar-refractivity contribution is 7.51. The summed E-state index contributed by atoms with van der Waals surface area (Å²) < 4.78 is 10.6. The lowest BCUT2D eigenvalue weighted by molar-refractivity contribution is -0.150. The van der Waals surface area contributed by atoms with Crippen LogP contribution < -0.4 is 0 Å². The molecule has 0 amide bonds. The van der Waals surface area contributed by atoms with Gasteiger partial charge >= 0.3 is 13.6 Å². The van der Waals surface area contributed by atoms with Gasteiger partial charge in [0.2, 0.25) is 0 Å². The second kappa shape index (κ2) is 5.64. The van der Waals surface area contributed by atoms with E-state index in [2.05, 4.69) is 0 Å². The van der Waals surface area contributed by atoms with Crippen molar-refractivity contribution in [3.05, 3.63) is 0 Å². The zero-order valence-electron chi connectivity index (χ0n) is 9.14. The number of hydrogen-bond donors (Lipinski definition) is 3. The van der Waals surface area contributed by atoms with Crippen molar-refractivity contribution >= 4 is 13.6 Å². The first-order valence-electron chi connectivity index (χ1n) is 5.05. The Hall–Kier alpha value is -0.380. The van der Waals surface area contributed by atoms with Gasteiger partial charge in [-0.05, 0) is 25.7 Å². The molecule has 0 spiro atoms. The first-order valence-corrected chi connectivity index (χ1v) is 6.85. The van der Waals surface area contributed by atoms with Gasteiger partial charge in [0.1, 0.15) is 0 Å². The summed E-state index contributed by atoms with van der Waals surface area (Å²) in [5.74, 6) is -0.877. The summed E-state index contributed by atoms with van der Waals surface area (Å²) in [5, 5.41) is 9.06. The molecule has 6 heteroatoms. The maximum atomic E-state index is 11.0. The molecule has 0 radical (unpaired) electrons. The van der Waals surface area contributed by atoms with Gasteiger partial charge in [-0.3, -0.25) is 9.36 Å². The minimum absolute atomic E-state index is 0.234. The Balaban J connectivity index is 4.32. The zero-order valence-corrected chi connectivity index (χ0v) is 10.0. The van der Waals surface area contributed by atoms with E-state index < -0.39 is 19.0 Å². The van der Waals surface area contributed by atoms with E-state index in [4.69, 9.17) is 14.9 Å². The van der Waals surface area contributed by atoms with Crippen LogP contribution >= 0.6 is 7.60 Å². The Morgan fingerprint density at radius 2 is 1.73 bits per heavy atom. The zero-order chi connectivity index (χ0) is 12.1. The van der Waals surface area contributed by atoms with Gasteiger partial charge in [0.15, 0.2) is 0 Å². The number of aliphatic carboxylic acids is 1. The molecule has 0 bridgehead atoms. The normalized spacial score (nSPS) is 12.8. The molecule has 0 aromatic heterocycles. The van der Waals surface area contributed by atoms with Crippen molar-refractivity contribution in [3.63, 3.8) is 0 Å². The highest BCUT2D eigenvalue weighted by Crippen LogP contribution is 2.39. The van der Waals surface area contributed by atoms with Crippen molar-refractivity contribution in [2.45, 2.75) is 39.5 Å². The molecule has 0 atom stereocenters. The highest BCUT2D eigenvalue weighted by atomic mass is 31.2. The summed E-state index contributed by atoms with van der Waals surface area (Å²) in [4.78, 5) is 28.4. The third-order valence-corrected chi connectivity index (χ3v) is 3.81. The third kappa shape index (κ3) is 4.78. The van der Waals surface area contributed by atoms with Crippen molar-refractivity contribution in [2.75, 3.05) is 6.16 Å². The average Bonchev–Trinajstić information content (AvgIpc) is 2.10. The van der Waals surface area contributed by atoms with Gasteiger partial charge in [-0.2, -0.15) is 0 Å². The Bertz CT molecular complexity index is 253. The molecule has 0 aliphatic carbocycles. The summed E-state index contributed by atoms with van der Waals surface area (Å²) in [5.41, 5.74) is -0.824. The van der Waals surface area contributed by atoms with Gasteiger partial charge in [-0.15, -0.1) is 0 Å². The van der Waals surface area contributed by atoms with Crippen LogP contribution in [0.2, 0.25) is 0 Å². The van der Waals surface area contributed by atoms with Gasteiger partial charge < -0.3 is 14.9 Å². The van der Waals surface area contributed by atoms with Crippen molar-refractivity contribution in [1.82, 2.24) is 0 Å². The van der Waals surface area contributed by atoms with E-state index in [1.54, 1.807) is 13.8 Å². The number of hydrogen-bond acceptors (Lipinski definition) is 2. The second-order valence-corrected chi connectivity index (χ2v) is 5.56. The van der Waals surface area contributed by atoms with Crippen LogP contribution in [0.3, 0.4) is 0 Å². The maximum Gasteiger partial charge on any atom is 0.325 e. The maximum absolute atomic E-state index is 11.0. The number of rotatable bonds is 7. The molecule has 0 aliphatic heterocycles. The van der Waals surface area contributed by atoms with Crippen LogP contribution in [-0.2, 0) is 9.36 Å². The fraction of sp³-hybridized carbons (Fsp3) is 0.889. The molecule has 0 heterocycles. The molecule has 3 N–H and O–H groups in total. The SMILES string of the molecule is CCC(CC)(CCCP(=O)(O)O)C(=O)O. The van der Waals surface area contributed by atoms with E-state index >= 15 is 0 Å². The van der Waals surface area contributed by atoms with E-state index in [9.17, 15) is 9.36 Å². The molecule has 0 aliphatic rings. The molecule has 0 rings (SSSR count). The van der Waals surface area contributed by atoms with Gasteiger partial charge in [-0.1, -0.05) is 13.8 Å². The lowest BCUT2D eigenvalue weighted by atomic mass is 9.78. The van der Waals surface area contributed by atoms with E-state index in [1.165, 1.54) is 0 Å². The molecule has 90 valence electrons. The molecular formula is C9H19O5P. The molecule has 0 saturated carbocycles. The van der Waals surface area contributed by atoms with Crippen LogP contribution in [0.4, 0.5) is 0 Å². The Morgan fingerprint density at radius 1 is 1.27 bits per heavy atom. The molecule has 0 saturated heterocycles. The quantitative estimate of drug-likeness (QED) is 0.588. The average molecular weight is 238 g/mol. The molecule has 0 unspecified atom stereocenters. The Morgan fingerprint density at radius 3 is 2.00 bits per heavy atom. The lowest BCUT2D eigenvalue weighted by Crippen LogP contribution is -2.29. The fourth-order valence-electron chi connectivity index (χ4n) is 1.64. The fourth-order valence-corrected chi connectivity index (χ4v) is 2.21. The number of carboxylic acids is 1. The predicted molar refractivity (Wildman–Crippen MR) is 56.8 cm³/mol. The third-order valence-electron chi connectivity index (χ3n) is 2.91. The minimum atomic E-state index is -4.00. The summed E-state index contributed by atoms with van der Waals surface area (Å²) in [6, 6.07) is 0. The predicted octanol–water partition coefficient (Wildman–Crippen LogP) is 1.84. The van der Waals surface area contributed by atoms with Crippen molar-refractivity contribution < 1.29 is 24.3 Å². The monoisotopic (exact) mass is 238 g/mol. The van der Waals surface area contributed by atoms with Crippen molar-refractivity contribution in [2.24, 2.45) is 5.41 Å². The topological polar surface area (TPSA) is 94.8 Å². The van der Waals surface area contributed by atoms with Crippen LogP contribution in [0.15, 0.2) is 0 Å². The Labute approximate surface area is 89.7 Å². The summed E-state index contributed by atoms with van der Waals surface area (Å²) in [6.07, 6.45) is 1.31.